The molecule has 0 saturated carbocycles. The Morgan fingerprint density at radius 3 is 2.11 bits per heavy atom. The zero-order valence-corrected chi connectivity index (χ0v) is 14.1. The Kier molecular flexibility index (Phi) is 6.18. The second-order valence-electron chi connectivity index (χ2n) is 6.11. The normalized spacial score (nSPS) is 12.5. The van der Waals surface area contributed by atoms with Crippen molar-refractivity contribution in [1.29, 1.82) is 0 Å². The van der Waals surface area contributed by atoms with Crippen LogP contribution in [0, 0.1) is 10.1 Å². The van der Waals surface area contributed by atoms with Gasteiger partial charge in [-0.2, -0.15) is 26.3 Å². The van der Waals surface area contributed by atoms with Gasteiger partial charge in [-0.25, -0.2) is 14.9 Å². The second kappa shape index (κ2) is 7.48. The lowest BCUT2D eigenvalue weighted by atomic mass is 10.1. The van der Waals surface area contributed by atoms with Crippen molar-refractivity contribution >= 4 is 11.8 Å². The molecule has 0 fully saturated rings. The SMILES string of the molecule is CC(C)(C)OC(=O)N(c1ccc(C(F)(F)F)c(OCC(F)(F)F)c1)[N+](=O)[O-]. The fourth-order valence-electron chi connectivity index (χ4n) is 1.73. The van der Waals surface area contributed by atoms with Gasteiger partial charge in [0.2, 0.25) is 0 Å². The van der Waals surface area contributed by atoms with E-state index in [-0.39, 0.29) is 11.1 Å². The average molecular weight is 404 g/mol. The Bertz CT molecular complexity index is 711. The molecule has 0 radical (unpaired) electrons. The number of rotatable bonds is 4. The monoisotopic (exact) mass is 404 g/mol. The number of benzene rings is 1. The molecule has 0 spiro atoms. The van der Waals surface area contributed by atoms with Crippen LogP contribution in [0.25, 0.3) is 0 Å². The number of amides is 1. The van der Waals surface area contributed by atoms with Gasteiger partial charge in [0.05, 0.1) is 5.56 Å². The molecule has 1 amide bonds. The number of anilines is 1. The Morgan fingerprint density at radius 1 is 1.15 bits per heavy atom. The van der Waals surface area contributed by atoms with Gasteiger partial charge in [-0.15, -0.1) is 0 Å². The number of hydrazine groups is 1. The molecule has 0 N–H and O–H groups in total. The minimum absolute atomic E-state index is 0.244. The summed E-state index contributed by atoms with van der Waals surface area (Å²) in [5.74, 6) is -1.33. The molecule has 0 aromatic heterocycles. The van der Waals surface area contributed by atoms with Gasteiger partial charge in [0.1, 0.15) is 17.0 Å². The molecule has 0 bridgehead atoms. The lowest BCUT2D eigenvalue weighted by molar-refractivity contribution is -0.484. The van der Waals surface area contributed by atoms with Crippen LogP contribution in [0.5, 0.6) is 5.75 Å². The summed E-state index contributed by atoms with van der Waals surface area (Å²) in [4.78, 5) is 23.1. The summed E-state index contributed by atoms with van der Waals surface area (Å²) in [7, 11) is 0. The zero-order valence-electron chi connectivity index (χ0n) is 14.1. The van der Waals surface area contributed by atoms with Crippen molar-refractivity contribution in [2.45, 2.75) is 38.7 Å². The van der Waals surface area contributed by atoms with Crippen LogP contribution in [0.2, 0.25) is 0 Å². The number of ether oxygens (including phenoxy) is 2. The molecular formula is C14H14F6N2O5. The van der Waals surface area contributed by atoms with E-state index in [1.54, 1.807) is 0 Å². The minimum atomic E-state index is -5.09. The van der Waals surface area contributed by atoms with E-state index in [1.807, 2.05) is 0 Å². The minimum Gasteiger partial charge on any atom is -0.483 e. The van der Waals surface area contributed by atoms with Crippen molar-refractivity contribution in [3.8, 4) is 5.75 Å². The van der Waals surface area contributed by atoms with Gasteiger partial charge < -0.3 is 9.47 Å². The third-order valence-electron chi connectivity index (χ3n) is 2.64. The van der Waals surface area contributed by atoms with Crippen LogP contribution in [-0.2, 0) is 10.9 Å². The molecule has 27 heavy (non-hydrogen) atoms. The molecular weight excluding hydrogens is 390 g/mol. The van der Waals surface area contributed by atoms with E-state index in [1.165, 1.54) is 20.8 Å². The highest BCUT2D eigenvalue weighted by Gasteiger charge is 2.39. The van der Waals surface area contributed by atoms with Gasteiger partial charge in [0.25, 0.3) is 0 Å². The number of hydrogen-bond acceptors (Lipinski definition) is 5. The second-order valence-corrected chi connectivity index (χ2v) is 6.11. The molecule has 0 aliphatic rings. The predicted molar refractivity (Wildman–Crippen MR) is 78.7 cm³/mol. The number of carbonyl (C=O) groups is 1. The molecule has 1 aromatic carbocycles. The first-order valence-corrected chi connectivity index (χ1v) is 7.09. The molecule has 0 atom stereocenters. The van der Waals surface area contributed by atoms with Crippen LogP contribution in [-0.4, -0.2) is 29.5 Å². The van der Waals surface area contributed by atoms with Gasteiger partial charge in [-0.3, -0.25) is 0 Å². The first kappa shape index (κ1) is 22.3. The number of alkyl halides is 6. The third-order valence-corrected chi connectivity index (χ3v) is 2.64. The molecule has 0 saturated heterocycles. The van der Waals surface area contributed by atoms with Crippen molar-refractivity contribution in [2.75, 3.05) is 11.6 Å². The third kappa shape index (κ3) is 6.83. The largest absolute Gasteiger partial charge is 0.483 e. The highest BCUT2D eigenvalue weighted by molar-refractivity contribution is 5.85. The molecule has 7 nitrogen and oxygen atoms in total. The smallest absolute Gasteiger partial charge is 0.473 e. The predicted octanol–water partition coefficient (Wildman–Crippen LogP) is 4.58. The lowest BCUT2D eigenvalue weighted by Crippen LogP contribution is -2.40. The summed E-state index contributed by atoms with van der Waals surface area (Å²) in [5, 5.41) is 9.59. The number of halogens is 6. The zero-order chi connectivity index (χ0) is 21.2. The van der Waals surface area contributed by atoms with E-state index in [2.05, 4.69) is 4.74 Å². The summed E-state index contributed by atoms with van der Waals surface area (Å²) in [6.07, 6.45) is -11.6. The van der Waals surface area contributed by atoms with E-state index in [4.69, 9.17) is 4.74 Å². The highest BCUT2D eigenvalue weighted by Crippen LogP contribution is 2.39. The first-order chi connectivity index (χ1) is 12.0. The fourth-order valence-corrected chi connectivity index (χ4v) is 1.73. The van der Waals surface area contributed by atoms with Gasteiger partial charge in [-0.1, -0.05) is 0 Å². The van der Waals surface area contributed by atoms with Crippen molar-refractivity contribution in [3.05, 3.63) is 33.9 Å². The highest BCUT2D eigenvalue weighted by atomic mass is 19.4. The molecule has 152 valence electrons. The number of nitrogens with zero attached hydrogens (tertiary/aromatic N) is 2. The fraction of sp³-hybridized carbons (Fsp3) is 0.500. The summed E-state index contributed by atoms with van der Waals surface area (Å²) in [6, 6.07) is 1.11. The van der Waals surface area contributed by atoms with Crippen molar-refractivity contribution in [1.82, 2.24) is 0 Å². The molecule has 1 rings (SSSR count). The van der Waals surface area contributed by atoms with Crippen LogP contribution in [0.15, 0.2) is 18.2 Å². The summed E-state index contributed by atoms with van der Waals surface area (Å²) >= 11 is 0. The van der Waals surface area contributed by atoms with Crippen molar-refractivity contribution in [2.24, 2.45) is 0 Å². The van der Waals surface area contributed by atoms with Crippen LogP contribution in [0.3, 0.4) is 0 Å². The standard InChI is InChI=1S/C14H14F6N2O5/c1-12(2,3)27-11(23)21(22(24)25)8-4-5-9(14(18,19)20)10(6-8)26-7-13(15,16)17/h4-6H,7H2,1-3H3. The molecule has 13 heteroatoms. The van der Waals surface area contributed by atoms with E-state index in [0.29, 0.717) is 12.1 Å². The maximum atomic E-state index is 12.9. The van der Waals surface area contributed by atoms with Crippen molar-refractivity contribution in [3.63, 3.8) is 0 Å². The molecule has 0 aliphatic carbocycles. The summed E-state index contributed by atoms with van der Waals surface area (Å²) in [6.45, 7) is 2.08. The maximum Gasteiger partial charge on any atom is 0.473 e. The van der Waals surface area contributed by atoms with Gasteiger partial charge in [-0.05, 0) is 32.9 Å². The lowest BCUT2D eigenvalue weighted by Gasteiger charge is -2.22. The van der Waals surface area contributed by atoms with Crippen molar-refractivity contribution < 1.29 is 45.6 Å². The Morgan fingerprint density at radius 2 is 1.70 bits per heavy atom. The van der Waals surface area contributed by atoms with Crippen LogP contribution >= 0.6 is 0 Å². The van der Waals surface area contributed by atoms with Gasteiger partial charge in [0.15, 0.2) is 11.6 Å². The maximum absolute atomic E-state index is 12.9. The van der Waals surface area contributed by atoms with Crippen LogP contribution < -0.4 is 9.75 Å². The van der Waals surface area contributed by atoms with Gasteiger partial charge in [0, 0.05) is 11.1 Å². The summed E-state index contributed by atoms with van der Waals surface area (Å²) in [5.41, 5.74) is -3.55. The molecule has 0 unspecified atom stereocenters. The van der Waals surface area contributed by atoms with E-state index < -0.39 is 52.7 Å². The van der Waals surface area contributed by atoms with E-state index in [0.717, 1.165) is 0 Å². The van der Waals surface area contributed by atoms with Gasteiger partial charge >= 0.3 is 18.4 Å². The number of carbonyl (C=O) groups excluding carboxylic acids is 1. The molecule has 1 aromatic rings. The Balaban J connectivity index is 3.37. The molecule has 0 aliphatic heterocycles. The number of hydrogen-bond donors (Lipinski definition) is 0. The van der Waals surface area contributed by atoms with E-state index >= 15 is 0 Å². The first-order valence-electron chi connectivity index (χ1n) is 7.09. The topological polar surface area (TPSA) is 81.9 Å². The summed E-state index contributed by atoms with van der Waals surface area (Å²) < 4.78 is 84.5. The van der Waals surface area contributed by atoms with Crippen LogP contribution in [0.1, 0.15) is 26.3 Å². The number of nitro groups is 1. The average Bonchev–Trinajstić information content (AvgIpc) is 2.41. The quantitative estimate of drug-likeness (QED) is 0.417. The Hall–Kier alpha value is -2.73. The van der Waals surface area contributed by atoms with Crippen LogP contribution in [0.4, 0.5) is 36.8 Å². The molecule has 0 heterocycles. The van der Waals surface area contributed by atoms with E-state index in [9.17, 15) is 41.3 Å². The Labute approximate surface area is 148 Å².